The van der Waals surface area contributed by atoms with Crippen molar-refractivity contribution in [3.63, 3.8) is 0 Å². The molecule has 0 bridgehead atoms. The number of rotatable bonds is 3. The third-order valence-corrected chi connectivity index (χ3v) is 4.29. The summed E-state index contributed by atoms with van der Waals surface area (Å²) in [4.78, 5) is 25.5. The molecule has 3 saturated heterocycles. The smallest absolute Gasteiger partial charge is 0.239 e. The number of carbonyl (C=O) groups excluding carboxylic acids is 2. The Morgan fingerprint density at radius 1 is 1.50 bits per heavy atom. The summed E-state index contributed by atoms with van der Waals surface area (Å²) in [7, 11) is 0. The zero-order valence-corrected chi connectivity index (χ0v) is 11.6. The second-order valence-corrected chi connectivity index (χ2v) is 5.73. The van der Waals surface area contributed by atoms with Gasteiger partial charge in [0.05, 0.1) is 19.3 Å². The molecule has 0 saturated carbocycles. The number of ether oxygens (including phenoxy) is 1. The number of fused-ring (bicyclic) bond motifs is 1. The van der Waals surface area contributed by atoms with Gasteiger partial charge in [-0.25, -0.2) is 0 Å². The minimum Gasteiger partial charge on any atom is -0.373 e. The summed E-state index contributed by atoms with van der Waals surface area (Å²) < 4.78 is 5.80. The lowest BCUT2D eigenvalue weighted by Crippen LogP contribution is -2.59. The molecule has 3 aliphatic rings. The van der Waals surface area contributed by atoms with Gasteiger partial charge in [0, 0.05) is 25.7 Å². The number of hydrogen-bond donors (Lipinski definition) is 3. The van der Waals surface area contributed by atoms with Crippen LogP contribution < -0.4 is 16.0 Å². The van der Waals surface area contributed by atoms with Gasteiger partial charge in [0.2, 0.25) is 11.8 Å². The first-order valence-electron chi connectivity index (χ1n) is 7.36. The highest BCUT2D eigenvalue weighted by Crippen LogP contribution is 2.22. The second-order valence-electron chi connectivity index (χ2n) is 5.73. The Kier molecular flexibility index (Phi) is 4.18. The van der Waals surface area contributed by atoms with Gasteiger partial charge in [-0.2, -0.15) is 0 Å². The van der Waals surface area contributed by atoms with Crippen molar-refractivity contribution in [3.05, 3.63) is 0 Å². The molecule has 0 aromatic heterocycles. The predicted octanol–water partition coefficient (Wildman–Crippen LogP) is -1.95. The van der Waals surface area contributed by atoms with Crippen LogP contribution in [0.15, 0.2) is 0 Å². The monoisotopic (exact) mass is 282 g/mol. The highest BCUT2D eigenvalue weighted by Gasteiger charge is 2.32. The van der Waals surface area contributed by atoms with E-state index < -0.39 is 0 Å². The first kappa shape index (κ1) is 13.8. The Bertz CT molecular complexity index is 380. The predicted molar refractivity (Wildman–Crippen MR) is 72.1 cm³/mol. The third-order valence-electron chi connectivity index (χ3n) is 4.29. The number of piperazine rings is 1. The lowest BCUT2D eigenvalue weighted by Gasteiger charge is -2.35. The quantitative estimate of drug-likeness (QED) is 0.561. The highest BCUT2D eigenvalue weighted by molar-refractivity contribution is 5.86. The topological polar surface area (TPSA) is 82.7 Å². The summed E-state index contributed by atoms with van der Waals surface area (Å²) in [5.74, 6) is -0.137. The number of amides is 2. The molecule has 3 atom stereocenters. The van der Waals surface area contributed by atoms with Crippen LogP contribution in [0.3, 0.4) is 0 Å². The molecule has 0 radical (unpaired) electrons. The lowest BCUT2D eigenvalue weighted by molar-refractivity contribution is -0.127. The van der Waals surface area contributed by atoms with Crippen molar-refractivity contribution in [2.24, 2.45) is 0 Å². The summed E-state index contributed by atoms with van der Waals surface area (Å²) in [5.41, 5.74) is 0. The average molecular weight is 282 g/mol. The normalized spacial score (nSPS) is 34.4. The van der Waals surface area contributed by atoms with Crippen LogP contribution in [0, 0.1) is 0 Å². The van der Waals surface area contributed by atoms with Crippen LogP contribution in [0.1, 0.15) is 12.8 Å². The summed E-state index contributed by atoms with van der Waals surface area (Å²) in [6.07, 6.45) is 2.55. The molecule has 112 valence electrons. The molecule has 20 heavy (non-hydrogen) atoms. The van der Waals surface area contributed by atoms with Crippen LogP contribution in [-0.2, 0) is 14.3 Å². The molecule has 3 rings (SSSR count). The number of nitrogens with one attached hydrogen (secondary N) is 3. The van der Waals surface area contributed by atoms with E-state index in [1.165, 1.54) is 12.8 Å². The van der Waals surface area contributed by atoms with E-state index in [-0.39, 0.29) is 30.5 Å². The molecule has 0 aromatic rings. The SMILES string of the molecule is O=C1CNC(C(=O)NCC2CN3CCCC3CO2)CN1. The van der Waals surface area contributed by atoms with Crippen molar-refractivity contribution in [3.8, 4) is 0 Å². The van der Waals surface area contributed by atoms with E-state index in [0.717, 1.165) is 19.7 Å². The average Bonchev–Trinajstić information content (AvgIpc) is 2.93. The van der Waals surface area contributed by atoms with Crippen molar-refractivity contribution in [2.75, 3.05) is 39.3 Å². The van der Waals surface area contributed by atoms with E-state index in [4.69, 9.17) is 4.74 Å². The standard InChI is InChI=1S/C13H22N4O3/c18-12-6-14-11(5-15-12)13(19)16-4-10-7-17-3-1-2-9(17)8-20-10/h9-11,14H,1-8H2,(H,15,18)(H,16,19). The molecule has 0 spiro atoms. The first-order valence-corrected chi connectivity index (χ1v) is 7.36. The van der Waals surface area contributed by atoms with E-state index in [1.54, 1.807) is 0 Å². The van der Waals surface area contributed by atoms with Crippen LogP contribution in [0.5, 0.6) is 0 Å². The van der Waals surface area contributed by atoms with E-state index in [0.29, 0.717) is 19.1 Å². The van der Waals surface area contributed by atoms with Crippen LogP contribution in [0.4, 0.5) is 0 Å². The molecule has 3 heterocycles. The molecule has 3 aliphatic heterocycles. The van der Waals surface area contributed by atoms with Gasteiger partial charge >= 0.3 is 0 Å². The molecule has 3 fully saturated rings. The zero-order valence-electron chi connectivity index (χ0n) is 11.6. The summed E-state index contributed by atoms with van der Waals surface area (Å²) in [6, 6.07) is 0.244. The maximum absolute atomic E-state index is 12.0. The number of carbonyl (C=O) groups is 2. The Labute approximate surface area is 118 Å². The van der Waals surface area contributed by atoms with Crippen molar-refractivity contribution < 1.29 is 14.3 Å². The van der Waals surface area contributed by atoms with E-state index in [9.17, 15) is 9.59 Å². The first-order chi connectivity index (χ1) is 9.72. The highest BCUT2D eigenvalue weighted by atomic mass is 16.5. The molecule has 0 aromatic carbocycles. The van der Waals surface area contributed by atoms with Gasteiger partial charge in [0.25, 0.3) is 0 Å². The van der Waals surface area contributed by atoms with Crippen LogP contribution in [-0.4, -0.2) is 74.2 Å². The third kappa shape index (κ3) is 3.11. The summed E-state index contributed by atoms with van der Waals surface area (Å²) in [6.45, 7) is 3.92. The van der Waals surface area contributed by atoms with Crippen LogP contribution in [0.2, 0.25) is 0 Å². The zero-order chi connectivity index (χ0) is 13.9. The van der Waals surface area contributed by atoms with Crippen molar-refractivity contribution in [1.82, 2.24) is 20.9 Å². The van der Waals surface area contributed by atoms with Gasteiger partial charge in [0.15, 0.2) is 0 Å². The number of hydrogen-bond acceptors (Lipinski definition) is 5. The van der Waals surface area contributed by atoms with Crippen LogP contribution >= 0.6 is 0 Å². The Balaban J connectivity index is 1.40. The van der Waals surface area contributed by atoms with Crippen LogP contribution in [0.25, 0.3) is 0 Å². The molecular weight excluding hydrogens is 260 g/mol. The van der Waals surface area contributed by atoms with Crippen molar-refractivity contribution in [2.45, 2.75) is 31.0 Å². The van der Waals surface area contributed by atoms with Crippen molar-refractivity contribution in [1.29, 1.82) is 0 Å². The number of nitrogens with zero attached hydrogens (tertiary/aromatic N) is 1. The summed E-state index contributed by atoms with van der Waals surface area (Å²) >= 11 is 0. The molecule has 3 N–H and O–H groups in total. The van der Waals surface area contributed by atoms with Gasteiger partial charge in [-0.05, 0) is 19.4 Å². The fraction of sp³-hybridized carbons (Fsp3) is 0.846. The molecule has 0 aliphatic carbocycles. The Morgan fingerprint density at radius 2 is 2.40 bits per heavy atom. The molecular formula is C13H22N4O3. The van der Waals surface area contributed by atoms with E-state index in [2.05, 4.69) is 20.9 Å². The van der Waals surface area contributed by atoms with Gasteiger partial charge in [-0.3, -0.25) is 19.8 Å². The van der Waals surface area contributed by atoms with Gasteiger partial charge in [-0.15, -0.1) is 0 Å². The largest absolute Gasteiger partial charge is 0.373 e. The van der Waals surface area contributed by atoms with Gasteiger partial charge in [0.1, 0.15) is 6.04 Å². The van der Waals surface area contributed by atoms with Gasteiger partial charge in [-0.1, -0.05) is 0 Å². The number of morpholine rings is 1. The Morgan fingerprint density at radius 3 is 3.20 bits per heavy atom. The maximum Gasteiger partial charge on any atom is 0.239 e. The minimum absolute atomic E-state index is 0.0651. The fourth-order valence-electron chi connectivity index (χ4n) is 3.10. The minimum atomic E-state index is -0.337. The fourth-order valence-corrected chi connectivity index (χ4v) is 3.10. The van der Waals surface area contributed by atoms with Crippen molar-refractivity contribution >= 4 is 11.8 Å². The second kappa shape index (κ2) is 6.07. The molecule has 3 unspecified atom stereocenters. The summed E-state index contributed by atoms with van der Waals surface area (Å²) in [5, 5.41) is 8.51. The molecule has 2 amide bonds. The Hall–Kier alpha value is -1.18. The van der Waals surface area contributed by atoms with E-state index in [1.807, 2.05) is 0 Å². The molecule has 7 heteroatoms. The lowest BCUT2D eigenvalue weighted by atomic mass is 10.1. The maximum atomic E-state index is 12.0. The van der Waals surface area contributed by atoms with E-state index >= 15 is 0 Å². The molecule has 7 nitrogen and oxygen atoms in total. The van der Waals surface area contributed by atoms with Gasteiger partial charge < -0.3 is 15.4 Å².